The molecule has 0 saturated carbocycles. The third kappa shape index (κ3) is 16.1. The summed E-state index contributed by atoms with van der Waals surface area (Å²) in [6, 6.07) is 50.5. The molecule has 0 bridgehead atoms. The van der Waals surface area contributed by atoms with Crippen molar-refractivity contribution in [2.45, 2.75) is 25.7 Å². The van der Waals surface area contributed by atoms with Crippen molar-refractivity contribution in [2.24, 2.45) is 23.7 Å². The maximum atomic E-state index is 14.2. The number of likely N-dealkylation sites (N-methyl/N-ethyl adjacent to an activating group) is 1. The Morgan fingerprint density at radius 1 is 0.519 bits per heavy atom. The Balaban J connectivity index is 0.000000234. The van der Waals surface area contributed by atoms with Crippen molar-refractivity contribution in [3.05, 3.63) is 213 Å². The van der Waals surface area contributed by atoms with Crippen molar-refractivity contribution in [3.63, 3.8) is 0 Å². The number of ketones is 4. The molecule has 2 fully saturated rings. The molecule has 13 nitrogen and oxygen atoms in total. The highest BCUT2D eigenvalue weighted by molar-refractivity contribution is 6.31. The van der Waals surface area contributed by atoms with Crippen LogP contribution in [0.15, 0.2) is 164 Å². The van der Waals surface area contributed by atoms with Gasteiger partial charge >= 0.3 is 0 Å². The number of hydrogen-bond acceptors (Lipinski definition) is 11. The Hall–Kier alpha value is -6.97. The first-order chi connectivity index (χ1) is 38.3. The second kappa shape index (κ2) is 29.8. The molecule has 0 radical (unpaired) electrons. The van der Waals surface area contributed by atoms with Crippen LogP contribution in [0.5, 0.6) is 0 Å². The molecule has 14 heteroatoms. The molecule has 2 amide bonds. The smallest absolute Gasteiger partial charge is 0.246 e. The fourth-order valence-corrected chi connectivity index (χ4v) is 11.1. The summed E-state index contributed by atoms with van der Waals surface area (Å²) in [4.78, 5) is 86.8. The molecule has 0 aromatic heterocycles. The van der Waals surface area contributed by atoms with Crippen molar-refractivity contribution in [2.75, 3.05) is 100 Å². The van der Waals surface area contributed by atoms with Crippen LogP contribution >= 0.6 is 11.6 Å². The van der Waals surface area contributed by atoms with Crippen molar-refractivity contribution >= 4 is 46.5 Å². The van der Waals surface area contributed by atoms with Crippen LogP contribution in [0.1, 0.15) is 75.5 Å². The first-order valence-corrected chi connectivity index (χ1v) is 27.4. The molecule has 2 heterocycles. The van der Waals surface area contributed by atoms with Gasteiger partial charge < -0.3 is 29.3 Å². The number of nitrogens with one attached hydrogen (secondary N) is 1. The van der Waals surface area contributed by atoms with E-state index in [1.807, 2.05) is 126 Å². The predicted molar refractivity (Wildman–Crippen MR) is 308 cm³/mol. The number of ether oxygens (including phenoxy) is 3. The molecule has 79 heavy (non-hydrogen) atoms. The van der Waals surface area contributed by atoms with Crippen LogP contribution in [-0.4, -0.2) is 150 Å². The summed E-state index contributed by atoms with van der Waals surface area (Å²) in [6.07, 6.45) is 0. The van der Waals surface area contributed by atoms with E-state index in [4.69, 9.17) is 25.8 Å². The zero-order chi connectivity index (χ0) is 56.3. The van der Waals surface area contributed by atoms with E-state index in [2.05, 4.69) is 36.2 Å². The number of halogens is 1. The Kier molecular flexibility index (Phi) is 22.6. The van der Waals surface area contributed by atoms with E-state index in [1.54, 1.807) is 51.5 Å². The van der Waals surface area contributed by atoms with Gasteiger partial charge in [0.25, 0.3) is 0 Å². The maximum Gasteiger partial charge on any atom is 0.246 e. The number of carbonyl (C=O) groups is 6. The Morgan fingerprint density at radius 2 is 0.924 bits per heavy atom. The van der Waals surface area contributed by atoms with Crippen LogP contribution in [0.25, 0.3) is 0 Å². The van der Waals surface area contributed by atoms with Gasteiger partial charge in [0.05, 0.1) is 33.0 Å². The number of nitrogens with zero attached hydrogens (tertiary/aromatic N) is 3. The lowest BCUT2D eigenvalue weighted by atomic mass is 9.67. The van der Waals surface area contributed by atoms with Crippen LogP contribution in [0, 0.1) is 37.5 Å². The molecule has 0 unspecified atom stereocenters. The molecule has 4 atom stereocenters. The standard InChI is InChI=1S/C36H44N2O6.C29H29ClN2O3/c1-26-11-10-16-30(27(26)2)34-31(35(40)28-12-6-4-7-13-28)23-38(24-32(34)36(41)29-14-8-5-9-15-29)18-17-37-33(39)25-44-22-21-43-20-19-42-3;1-31(2)26(33)19-32-17-23(28(34)20-11-5-3-6-12-20)27(22-15-9-10-16-25(22)30)24(18-32)29(35)21-13-7-4-8-14-21/h4-16,31-32,34H,17-25H2,1-3H3,(H,37,39);3-16,23-24,27H,17-19H2,1-2H3/t31-,32-;23-,24-/m00/s1. The molecule has 8 rings (SSSR count). The van der Waals surface area contributed by atoms with Gasteiger partial charge in [0.1, 0.15) is 6.61 Å². The molecule has 2 aliphatic heterocycles. The van der Waals surface area contributed by atoms with Crippen molar-refractivity contribution in [1.82, 2.24) is 20.0 Å². The molecule has 2 saturated heterocycles. The lowest BCUT2D eigenvalue weighted by Crippen LogP contribution is -2.52. The summed E-state index contributed by atoms with van der Waals surface area (Å²) < 4.78 is 15.7. The Bertz CT molecular complexity index is 2840. The maximum absolute atomic E-state index is 14.2. The van der Waals surface area contributed by atoms with E-state index in [-0.39, 0.29) is 54.0 Å². The monoisotopic (exact) mass is 1090 g/mol. The van der Waals surface area contributed by atoms with E-state index in [0.717, 1.165) is 22.3 Å². The molecule has 0 aliphatic carbocycles. The van der Waals surface area contributed by atoms with Gasteiger partial charge in [-0.1, -0.05) is 169 Å². The second-order valence-electron chi connectivity index (χ2n) is 20.5. The number of hydrogen-bond donors (Lipinski definition) is 1. The van der Waals surface area contributed by atoms with Crippen LogP contribution in [0.2, 0.25) is 5.02 Å². The number of benzene rings is 6. The van der Waals surface area contributed by atoms with E-state index in [9.17, 15) is 28.8 Å². The van der Waals surface area contributed by atoms with Gasteiger partial charge in [0.15, 0.2) is 23.1 Å². The number of aryl methyl sites for hydroxylation is 1. The van der Waals surface area contributed by atoms with Gasteiger partial charge in [-0.2, -0.15) is 0 Å². The molecule has 6 aromatic rings. The number of carbonyl (C=O) groups excluding carboxylic acids is 6. The lowest BCUT2D eigenvalue weighted by Gasteiger charge is -2.43. The summed E-state index contributed by atoms with van der Waals surface area (Å²) in [5.41, 5.74) is 6.52. The second-order valence-corrected chi connectivity index (χ2v) is 20.9. The molecule has 1 N–H and O–H groups in total. The number of rotatable bonds is 23. The summed E-state index contributed by atoms with van der Waals surface area (Å²) in [5, 5.41) is 3.45. The average Bonchev–Trinajstić information content (AvgIpc) is 3.63. The van der Waals surface area contributed by atoms with Crippen molar-refractivity contribution in [3.8, 4) is 0 Å². The average molecular weight is 1090 g/mol. The fraction of sp³-hybridized carbons (Fsp3) is 0.354. The minimum Gasteiger partial charge on any atom is -0.382 e. The van der Waals surface area contributed by atoms with Gasteiger partial charge in [-0.3, -0.25) is 33.7 Å². The van der Waals surface area contributed by atoms with Gasteiger partial charge in [-0.05, 0) is 42.2 Å². The fourth-order valence-electron chi connectivity index (χ4n) is 10.9. The molecule has 414 valence electrons. The summed E-state index contributed by atoms with van der Waals surface area (Å²) in [7, 11) is 5.02. The minimum atomic E-state index is -0.543. The van der Waals surface area contributed by atoms with Gasteiger partial charge in [0, 0.05) is 123 Å². The molecule has 6 aromatic carbocycles. The van der Waals surface area contributed by atoms with Gasteiger partial charge in [0.2, 0.25) is 11.8 Å². The minimum absolute atomic E-state index is 0.0252. The quantitative estimate of drug-likeness (QED) is 0.0483. The van der Waals surface area contributed by atoms with Crippen LogP contribution in [-0.2, 0) is 23.8 Å². The summed E-state index contributed by atoms with van der Waals surface area (Å²) >= 11 is 6.65. The molecular weight excluding hydrogens is 1020 g/mol. The van der Waals surface area contributed by atoms with Gasteiger partial charge in [-0.15, -0.1) is 0 Å². The molecule has 2 aliphatic rings. The SMILES string of the molecule is CN(C)C(=O)CN1C[C@H](C(=O)c2ccccc2)C(c2ccccc2Cl)[C@@H](C(=O)c2ccccc2)C1.COCCOCCOCC(=O)NCCN1C[C@H](C(=O)c2ccccc2)C(c2cccc(C)c2C)[C@@H](C(=O)c2ccccc2)C1. The first-order valence-electron chi connectivity index (χ1n) is 27.0. The first kappa shape index (κ1) is 59.7. The number of Topliss-reactive ketones (excluding diaryl/α,β-unsaturated/α-hetero) is 4. The van der Waals surface area contributed by atoms with E-state index < -0.39 is 29.6 Å². The number of piperidine rings is 2. The van der Waals surface area contributed by atoms with Crippen LogP contribution < -0.4 is 5.32 Å². The Labute approximate surface area is 470 Å². The normalized spacial score (nSPS) is 17.9. The van der Waals surface area contributed by atoms with E-state index in [1.165, 1.54) is 4.90 Å². The van der Waals surface area contributed by atoms with Crippen molar-refractivity contribution in [1.29, 1.82) is 0 Å². The zero-order valence-corrected chi connectivity index (χ0v) is 46.7. The molecular formula is C65H73ClN4O9. The number of likely N-dealkylation sites (tertiary alicyclic amines) is 2. The van der Waals surface area contributed by atoms with Crippen molar-refractivity contribution < 1.29 is 43.0 Å². The van der Waals surface area contributed by atoms with Gasteiger partial charge in [-0.25, -0.2) is 0 Å². The number of amides is 2. The van der Waals surface area contributed by atoms with E-state index >= 15 is 0 Å². The molecule has 0 spiro atoms. The third-order valence-electron chi connectivity index (χ3n) is 15.0. The zero-order valence-electron chi connectivity index (χ0n) is 45.9. The topological polar surface area (TPSA) is 152 Å². The van der Waals surface area contributed by atoms with E-state index in [0.29, 0.717) is 93.0 Å². The third-order valence-corrected chi connectivity index (χ3v) is 15.4. The largest absolute Gasteiger partial charge is 0.382 e. The van der Waals surface area contributed by atoms with Crippen LogP contribution in [0.3, 0.4) is 0 Å². The van der Waals surface area contributed by atoms with Crippen LogP contribution in [0.4, 0.5) is 0 Å². The highest BCUT2D eigenvalue weighted by Crippen LogP contribution is 2.44. The Morgan fingerprint density at radius 3 is 1.38 bits per heavy atom. The highest BCUT2D eigenvalue weighted by Gasteiger charge is 2.47. The summed E-state index contributed by atoms with van der Waals surface area (Å²) in [5.74, 6) is -3.03. The predicted octanol–water partition coefficient (Wildman–Crippen LogP) is 9.32. The summed E-state index contributed by atoms with van der Waals surface area (Å²) in [6.45, 7) is 8.48. The lowest BCUT2D eigenvalue weighted by molar-refractivity contribution is -0.130. The highest BCUT2D eigenvalue weighted by atomic mass is 35.5. The number of methoxy groups -OCH3 is 1.